The van der Waals surface area contributed by atoms with Crippen LogP contribution in [0, 0.1) is 11.3 Å². The van der Waals surface area contributed by atoms with E-state index < -0.39 is 5.38 Å². The minimum atomic E-state index is -0.648. The molecule has 0 bridgehead atoms. The number of aliphatic imine (C=N–C) groups is 1. The topological polar surface area (TPSA) is 36.1 Å². The van der Waals surface area contributed by atoms with Crippen molar-refractivity contribution in [1.82, 2.24) is 0 Å². The maximum Gasteiger partial charge on any atom is 0.155 e. The summed E-state index contributed by atoms with van der Waals surface area (Å²) in [5.41, 5.74) is 0.804. The molecule has 2 nitrogen and oxygen atoms in total. The van der Waals surface area contributed by atoms with E-state index in [4.69, 9.17) is 16.9 Å². The highest BCUT2D eigenvalue weighted by Gasteiger charge is 1.93. The first-order chi connectivity index (χ1) is 5.83. The Bertz CT molecular complexity index is 300. The number of hydrogen-bond acceptors (Lipinski definition) is 2. The standard InChI is InChI=1S/C9H7ClN2/c10-8(6-11)7-12-9-4-2-1-3-5-9/h1-5,7-8H. The highest BCUT2D eigenvalue weighted by Crippen LogP contribution is 2.09. The van der Waals surface area contributed by atoms with Gasteiger partial charge in [0.1, 0.15) is 0 Å². The molecule has 0 saturated carbocycles. The van der Waals surface area contributed by atoms with Gasteiger partial charge in [0.05, 0.1) is 11.8 Å². The van der Waals surface area contributed by atoms with Crippen molar-refractivity contribution in [3.63, 3.8) is 0 Å². The van der Waals surface area contributed by atoms with E-state index in [1.54, 1.807) is 0 Å². The number of halogens is 1. The van der Waals surface area contributed by atoms with Gasteiger partial charge in [-0.15, -0.1) is 11.6 Å². The fourth-order valence-electron chi connectivity index (χ4n) is 0.699. The summed E-state index contributed by atoms with van der Waals surface area (Å²) in [4.78, 5) is 4.00. The zero-order valence-electron chi connectivity index (χ0n) is 6.31. The Morgan fingerprint density at radius 3 is 2.67 bits per heavy atom. The Labute approximate surface area is 76.1 Å². The lowest BCUT2D eigenvalue weighted by molar-refractivity contribution is 1.41. The first-order valence-corrected chi connectivity index (χ1v) is 3.89. The van der Waals surface area contributed by atoms with Crippen molar-refractivity contribution in [2.75, 3.05) is 0 Å². The normalized spacial score (nSPS) is 12.7. The third-order valence-electron chi connectivity index (χ3n) is 1.23. The number of para-hydroxylation sites is 1. The Balaban J connectivity index is 2.65. The van der Waals surface area contributed by atoms with E-state index in [-0.39, 0.29) is 0 Å². The van der Waals surface area contributed by atoms with E-state index >= 15 is 0 Å². The predicted octanol–water partition coefficient (Wildman–Crippen LogP) is 2.52. The number of hydrogen-bond donors (Lipinski definition) is 0. The van der Waals surface area contributed by atoms with Crippen molar-refractivity contribution in [1.29, 1.82) is 5.26 Å². The minimum Gasteiger partial charge on any atom is -0.259 e. The Kier molecular flexibility index (Phi) is 3.31. The molecule has 1 unspecified atom stereocenters. The SMILES string of the molecule is N#CC(Cl)C=Nc1ccccc1. The van der Waals surface area contributed by atoms with Crippen LogP contribution in [0.4, 0.5) is 5.69 Å². The third kappa shape index (κ3) is 2.73. The molecule has 0 spiro atoms. The van der Waals surface area contributed by atoms with Gasteiger partial charge in [0, 0.05) is 6.21 Å². The molecule has 0 aliphatic heterocycles. The average Bonchev–Trinajstić information content (AvgIpc) is 2.16. The molecular formula is C9H7ClN2. The minimum absolute atomic E-state index is 0.648. The van der Waals surface area contributed by atoms with E-state index in [9.17, 15) is 0 Å². The van der Waals surface area contributed by atoms with Gasteiger partial charge in [0.2, 0.25) is 0 Å². The van der Waals surface area contributed by atoms with E-state index in [0.717, 1.165) is 5.69 Å². The molecule has 0 heterocycles. The largest absolute Gasteiger partial charge is 0.259 e. The molecule has 0 radical (unpaired) electrons. The monoisotopic (exact) mass is 178 g/mol. The highest BCUT2D eigenvalue weighted by atomic mass is 35.5. The van der Waals surface area contributed by atoms with Gasteiger partial charge < -0.3 is 0 Å². The summed E-state index contributed by atoms with van der Waals surface area (Å²) in [5.74, 6) is 0. The summed E-state index contributed by atoms with van der Waals surface area (Å²) in [6, 6.07) is 11.2. The molecule has 0 saturated heterocycles. The summed E-state index contributed by atoms with van der Waals surface area (Å²) >= 11 is 5.50. The smallest absolute Gasteiger partial charge is 0.155 e. The van der Waals surface area contributed by atoms with E-state index in [2.05, 4.69) is 4.99 Å². The van der Waals surface area contributed by atoms with Crippen LogP contribution in [0.1, 0.15) is 0 Å². The number of nitriles is 1. The fraction of sp³-hybridized carbons (Fsp3) is 0.111. The summed E-state index contributed by atoms with van der Waals surface area (Å²) in [6.07, 6.45) is 1.41. The van der Waals surface area contributed by atoms with Gasteiger partial charge in [-0.3, -0.25) is 4.99 Å². The van der Waals surface area contributed by atoms with Crippen LogP contribution in [-0.2, 0) is 0 Å². The molecular weight excluding hydrogens is 172 g/mol. The number of nitrogens with zero attached hydrogens (tertiary/aromatic N) is 2. The quantitative estimate of drug-likeness (QED) is 0.506. The lowest BCUT2D eigenvalue weighted by atomic mass is 10.3. The van der Waals surface area contributed by atoms with Crippen LogP contribution in [0.15, 0.2) is 35.3 Å². The lowest BCUT2D eigenvalue weighted by Gasteiger charge is -1.90. The molecule has 0 aliphatic rings. The number of benzene rings is 1. The van der Waals surface area contributed by atoms with Crippen molar-refractivity contribution >= 4 is 23.5 Å². The van der Waals surface area contributed by atoms with Crippen LogP contribution >= 0.6 is 11.6 Å². The molecule has 0 amide bonds. The van der Waals surface area contributed by atoms with Crippen molar-refractivity contribution in [2.45, 2.75) is 5.38 Å². The molecule has 0 aliphatic carbocycles. The summed E-state index contributed by atoms with van der Waals surface area (Å²) in [5, 5.41) is 7.69. The molecule has 3 heteroatoms. The second-order valence-corrected chi connectivity index (χ2v) is 2.61. The molecule has 1 atom stereocenters. The number of alkyl halides is 1. The van der Waals surface area contributed by atoms with Gasteiger partial charge in [-0.05, 0) is 12.1 Å². The Hall–Kier alpha value is -1.33. The second kappa shape index (κ2) is 4.53. The van der Waals surface area contributed by atoms with Crippen molar-refractivity contribution in [2.24, 2.45) is 4.99 Å². The Morgan fingerprint density at radius 1 is 1.42 bits per heavy atom. The first-order valence-electron chi connectivity index (χ1n) is 3.46. The summed E-state index contributed by atoms with van der Waals surface area (Å²) in [6.45, 7) is 0. The van der Waals surface area contributed by atoms with Gasteiger partial charge in [-0.2, -0.15) is 5.26 Å². The number of rotatable bonds is 2. The van der Waals surface area contributed by atoms with Gasteiger partial charge in [0.25, 0.3) is 0 Å². The first kappa shape index (κ1) is 8.76. The van der Waals surface area contributed by atoms with Crippen LogP contribution in [0.3, 0.4) is 0 Å². The van der Waals surface area contributed by atoms with Gasteiger partial charge in [-0.25, -0.2) is 0 Å². The molecule has 1 rings (SSSR count). The maximum atomic E-state index is 8.34. The van der Waals surface area contributed by atoms with Crippen LogP contribution in [0.2, 0.25) is 0 Å². The third-order valence-corrected chi connectivity index (χ3v) is 1.44. The lowest BCUT2D eigenvalue weighted by Crippen LogP contribution is -1.92. The fourth-order valence-corrected chi connectivity index (χ4v) is 0.755. The van der Waals surface area contributed by atoms with E-state index in [1.807, 2.05) is 36.4 Å². The van der Waals surface area contributed by atoms with E-state index in [1.165, 1.54) is 6.21 Å². The van der Waals surface area contributed by atoms with Crippen molar-refractivity contribution in [3.05, 3.63) is 30.3 Å². The molecule has 0 aromatic heterocycles. The van der Waals surface area contributed by atoms with Crippen LogP contribution in [0.5, 0.6) is 0 Å². The van der Waals surface area contributed by atoms with Crippen molar-refractivity contribution in [3.8, 4) is 6.07 Å². The Morgan fingerprint density at radius 2 is 2.08 bits per heavy atom. The highest BCUT2D eigenvalue weighted by molar-refractivity contribution is 6.30. The van der Waals surface area contributed by atoms with Gasteiger partial charge in [-0.1, -0.05) is 18.2 Å². The van der Waals surface area contributed by atoms with Crippen molar-refractivity contribution < 1.29 is 0 Å². The molecule has 60 valence electrons. The van der Waals surface area contributed by atoms with E-state index in [0.29, 0.717) is 0 Å². The zero-order valence-corrected chi connectivity index (χ0v) is 7.07. The summed E-state index contributed by atoms with van der Waals surface area (Å²) < 4.78 is 0. The van der Waals surface area contributed by atoms with Gasteiger partial charge >= 0.3 is 0 Å². The zero-order chi connectivity index (χ0) is 8.81. The molecule has 1 aromatic carbocycles. The van der Waals surface area contributed by atoms with Crippen LogP contribution < -0.4 is 0 Å². The predicted molar refractivity (Wildman–Crippen MR) is 49.8 cm³/mol. The van der Waals surface area contributed by atoms with Gasteiger partial charge in [0.15, 0.2) is 5.38 Å². The molecule has 12 heavy (non-hydrogen) atoms. The molecule has 0 fully saturated rings. The van der Waals surface area contributed by atoms with Crippen LogP contribution in [0.25, 0.3) is 0 Å². The average molecular weight is 179 g/mol. The molecule has 0 N–H and O–H groups in total. The summed E-state index contributed by atoms with van der Waals surface area (Å²) in [7, 11) is 0. The van der Waals surface area contributed by atoms with Crippen LogP contribution in [-0.4, -0.2) is 11.6 Å². The molecule has 1 aromatic rings. The maximum absolute atomic E-state index is 8.34. The second-order valence-electron chi connectivity index (χ2n) is 2.14.